The highest BCUT2D eigenvalue weighted by molar-refractivity contribution is 7.89. The molecule has 0 N–H and O–H groups in total. The average Bonchev–Trinajstić information content (AvgIpc) is 2.71. The van der Waals surface area contributed by atoms with E-state index in [0.29, 0.717) is 39.0 Å². The van der Waals surface area contributed by atoms with Crippen molar-refractivity contribution in [2.45, 2.75) is 38.0 Å². The zero-order valence-electron chi connectivity index (χ0n) is 17.8. The van der Waals surface area contributed by atoms with Gasteiger partial charge in [0.1, 0.15) is 17.2 Å². The Hall–Kier alpha value is -2.13. The second kappa shape index (κ2) is 8.93. The fourth-order valence-corrected chi connectivity index (χ4v) is 5.65. The van der Waals surface area contributed by atoms with Gasteiger partial charge in [0.05, 0.1) is 13.7 Å². The predicted molar refractivity (Wildman–Crippen MR) is 110 cm³/mol. The number of amides is 1. The first-order valence-corrected chi connectivity index (χ1v) is 11.7. The van der Waals surface area contributed by atoms with E-state index in [1.807, 2.05) is 18.7 Å². The van der Waals surface area contributed by atoms with Crippen LogP contribution in [0.3, 0.4) is 0 Å². The Morgan fingerprint density at radius 3 is 2.50 bits per heavy atom. The fourth-order valence-electron chi connectivity index (χ4n) is 4.02. The minimum Gasteiger partial charge on any atom is -0.492 e. The van der Waals surface area contributed by atoms with Crippen LogP contribution in [-0.4, -0.2) is 69.4 Å². The monoisotopic (exact) mass is 438 g/mol. The molecule has 166 valence electrons. The first-order valence-electron chi connectivity index (χ1n) is 10.2. The minimum atomic E-state index is -3.94. The van der Waals surface area contributed by atoms with Crippen LogP contribution in [0, 0.1) is 11.3 Å². The average molecular weight is 439 g/mol. The lowest BCUT2D eigenvalue weighted by Gasteiger charge is -2.44. The van der Waals surface area contributed by atoms with Crippen molar-refractivity contribution in [3.63, 3.8) is 0 Å². The number of benzene rings is 1. The van der Waals surface area contributed by atoms with E-state index >= 15 is 0 Å². The van der Waals surface area contributed by atoms with Gasteiger partial charge in [-0.3, -0.25) is 9.59 Å². The molecule has 1 spiro atoms. The molecule has 9 heteroatoms. The van der Waals surface area contributed by atoms with E-state index in [1.165, 1.54) is 17.5 Å². The van der Waals surface area contributed by atoms with E-state index in [-0.39, 0.29) is 35.6 Å². The van der Waals surface area contributed by atoms with Crippen LogP contribution >= 0.6 is 0 Å². The summed E-state index contributed by atoms with van der Waals surface area (Å²) in [5.74, 6) is 0.0771. The first kappa shape index (κ1) is 22.6. The minimum absolute atomic E-state index is 0.0494. The normalized spacial score (nSPS) is 20.7. The summed E-state index contributed by atoms with van der Waals surface area (Å²) in [4.78, 5) is 26.3. The molecule has 0 atom stereocenters. The van der Waals surface area contributed by atoms with E-state index in [4.69, 9.17) is 9.47 Å². The van der Waals surface area contributed by atoms with E-state index < -0.39 is 21.4 Å². The number of para-hydroxylation sites is 1. The van der Waals surface area contributed by atoms with Crippen LogP contribution in [0.2, 0.25) is 0 Å². The van der Waals surface area contributed by atoms with Gasteiger partial charge in [-0.05, 0) is 30.9 Å². The van der Waals surface area contributed by atoms with Crippen LogP contribution in [0.5, 0.6) is 5.75 Å². The van der Waals surface area contributed by atoms with Crippen molar-refractivity contribution in [3.8, 4) is 5.75 Å². The van der Waals surface area contributed by atoms with Gasteiger partial charge in [-0.15, -0.1) is 0 Å². The lowest BCUT2D eigenvalue weighted by molar-refractivity contribution is -0.141. The zero-order valence-corrected chi connectivity index (χ0v) is 18.6. The number of esters is 1. The maximum atomic E-state index is 13.3. The Labute approximate surface area is 178 Å². The maximum absolute atomic E-state index is 13.3. The van der Waals surface area contributed by atoms with Crippen molar-refractivity contribution in [1.29, 1.82) is 0 Å². The molecule has 1 aromatic carbocycles. The van der Waals surface area contributed by atoms with Crippen molar-refractivity contribution >= 4 is 21.9 Å². The van der Waals surface area contributed by atoms with Gasteiger partial charge >= 0.3 is 5.97 Å². The number of likely N-dealkylation sites (tertiary alicyclic amines) is 1. The summed E-state index contributed by atoms with van der Waals surface area (Å²) in [6, 6.07) is 6.47. The highest BCUT2D eigenvalue weighted by Gasteiger charge is 2.44. The van der Waals surface area contributed by atoms with Crippen molar-refractivity contribution in [2.24, 2.45) is 11.3 Å². The topological polar surface area (TPSA) is 93.2 Å². The Bertz CT molecular complexity index is 891. The second-order valence-corrected chi connectivity index (χ2v) is 10.5. The number of piperidine rings is 1. The molecule has 1 amide bonds. The van der Waals surface area contributed by atoms with Gasteiger partial charge in [0.2, 0.25) is 15.9 Å². The lowest BCUT2D eigenvalue weighted by atomic mass is 9.78. The molecular formula is C21H30N2O6S. The number of methoxy groups -OCH3 is 1. The number of rotatable bonds is 4. The van der Waals surface area contributed by atoms with E-state index in [9.17, 15) is 18.0 Å². The molecular weight excluding hydrogens is 408 g/mol. The number of carbonyl (C=O) groups excluding carboxylic acids is 2. The van der Waals surface area contributed by atoms with E-state index in [0.717, 1.165) is 0 Å². The van der Waals surface area contributed by atoms with Gasteiger partial charge in [0, 0.05) is 31.5 Å². The predicted octanol–water partition coefficient (Wildman–Crippen LogP) is 1.90. The smallest absolute Gasteiger partial charge is 0.321 e. The molecule has 30 heavy (non-hydrogen) atoms. The molecule has 0 aliphatic carbocycles. The largest absolute Gasteiger partial charge is 0.492 e. The van der Waals surface area contributed by atoms with Crippen molar-refractivity contribution in [1.82, 2.24) is 9.21 Å². The van der Waals surface area contributed by atoms with Gasteiger partial charge in [-0.25, -0.2) is 8.42 Å². The molecule has 0 radical (unpaired) electrons. The van der Waals surface area contributed by atoms with Gasteiger partial charge in [0.15, 0.2) is 0 Å². The molecule has 1 fully saturated rings. The molecule has 2 aliphatic rings. The fraction of sp³-hybridized carbons (Fsp3) is 0.619. The SMILES string of the molecule is COC(=O)CN1CC2(CCN(C(=O)CC(C)C)CC2)COc2ccccc2S1(=O)=O. The Morgan fingerprint density at radius 1 is 1.20 bits per heavy atom. The van der Waals surface area contributed by atoms with Crippen LogP contribution in [0.1, 0.15) is 33.1 Å². The molecule has 0 bridgehead atoms. The van der Waals surface area contributed by atoms with Crippen LogP contribution in [0.4, 0.5) is 0 Å². The highest BCUT2D eigenvalue weighted by Crippen LogP contribution is 2.39. The summed E-state index contributed by atoms with van der Waals surface area (Å²) in [6.45, 7) is 5.22. The molecule has 0 unspecified atom stereocenters. The summed E-state index contributed by atoms with van der Waals surface area (Å²) in [6.07, 6.45) is 1.71. The summed E-state index contributed by atoms with van der Waals surface area (Å²) in [7, 11) is -2.70. The van der Waals surface area contributed by atoms with Gasteiger partial charge in [-0.1, -0.05) is 26.0 Å². The number of ether oxygens (including phenoxy) is 2. The molecule has 0 aromatic heterocycles. The van der Waals surface area contributed by atoms with Crippen LogP contribution in [0.15, 0.2) is 29.2 Å². The molecule has 2 aliphatic heterocycles. The van der Waals surface area contributed by atoms with Crippen molar-refractivity contribution < 1.29 is 27.5 Å². The number of nitrogens with zero attached hydrogens (tertiary/aromatic N) is 2. The number of hydrogen-bond donors (Lipinski definition) is 0. The lowest BCUT2D eigenvalue weighted by Crippen LogP contribution is -2.53. The van der Waals surface area contributed by atoms with Gasteiger partial charge in [-0.2, -0.15) is 4.31 Å². The summed E-state index contributed by atoms with van der Waals surface area (Å²) in [5.41, 5.74) is -0.483. The second-order valence-electron chi connectivity index (χ2n) is 8.56. The number of fused-ring (bicyclic) bond motifs is 1. The third-order valence-electron chi connectivity index (χ3n) is 5.81. The van der Waals surface area contributed by atoms with Crippen molar-refractivity contribution in [3.05, 3.63) is 24.3 Å². The Balaban J connectivity index is 1.87. The van der Waals surface area contributed by atoms with Crippen LogP contribution in [0.25, 0.3) is 0 Å². The molecule has 0 saturated carbocycles. The number of hydrogen-bond acceptors (Lipinski definition) is 6. The van der Waals surface area contributed by atoms with Gasteiger partial charge < -0.3 is 14.4 Å². The third-order valence-corrected chi connectivity index (χ3v) is 7.64. The molecule has 3 rings (SSSR count). The zero-order chi connectivity index (χ0) is 21.9. The van der Waals surface area contributed by atoms with Crippen LogP contribution in [-0.2, 0) is 24.3 Å². The number of sulfonamides is 1. The quantitative estimate of drug-likeness (QED) is 0.667. The molecule has 1 saturated heterocycles. The Morgan fingerprint density at radius 2 is 1.87 bits per heavy atom. The molecule has 1 aromatic rings. The summed E-state index contributed by atoms with van der Waals surface area (Å²) in [5, 5.41) is 0. The maximum Gasteiger partial charge on any atom is 0.321 e. The molecule has 2 heterocycles. The van der Waals surface area contributed by atoms with Gasteiger partial charge in [0.25, 0.3) is 0 Å². The third kappa shape index (κ3) is 4.78. The van der Waals surface area contributed by atoms with E-state index in [1.54, 1.807) is 18.2 Å². The van der Waals surface area contributed by atoms with Crippen molar-refractivity contribution in [2.75, 3.05) is 39.9 Å². The molecule has 8 nitrogen and oxygen atoms in total. The number of carbonyl (C=O) groups is 2. The standard InChI is InChI=1S/C21H30N2O6S/c1-16(2)12-19(24)22-10-8-21(9-11-22)14-23(13-20(25)28-3)30(26,27)18-7-5-4-6-17(18)29-15-21/h4-7,16H,8-15H2,1-3H3. The summed E-state index contributed by atoms with van der Waals surface area (Å²) < 4.78 is 38.6. The highest BCUT2D eigenvalue weighted by atomic mass is 32.2. The Kier molecular flexibility index (Phi) is 6.71. The first-order chi connectivity index (χ1) is 14.2. The van der Waals surface area contributed by atoms with Crippen LogP contribution < -0.4 is 4.74 Å². The van der Waals surface area contributed by atoms with E-state index in [2.05, 4.69) is 0 Å². The summed E-state index contributed by atoms with van der Waals surface area (Å²) >= 11 is 0.